The molecule has 9 aromatic rings. The summed E-state index contributed by atoms with van der Waals surface area (Å²) in [5, 5.41) is 11.4. The largest absolute Gasteiger partial charge is 0.309 e. The van der Waals surface area contributed by atoms with Gasteiger partial charge in [-0.05, 0) is 75.8 Å². The number of hydrogen-bond donors (Lipinski definition) is 1. The fraction of sp³-hybridized carbons (Fsp3) is 0. The van der Waals surface area contributed by atoms with Crippen LogP contribution in [0, 0.1) is 5.41 Å². The van der Waals surface area contributed by atoms with Gasteiger partial charge in [0.2, 0.25) is 0 Å². The lowest BCUT2D eigenvalue weighted by atomic mass is 9.98. The molecular formula is C50H35N5. The van der Waals surface area contributed by atoms with E-state index in [1.165, 1.54) is 27.4 Å². The standard InChI is InChI=1S/C50H35N5/c51-49(54-50(40-12-3-1-4-13-40)53-33-35-11-9-14-41(31-35)43-15-10-30-52-34-43)39-26-24-37(25-27-39)36-20-22-38(23-21-36)42-28-29-48-46(32-42)45-18-7-8-19-47(45)55(48)44-16-5-2-6-17-44/h1-34,51H. The maximum absolute atomic E-state index is 8.93. The summed E-state index contributed by atoms with van der Waals surface area (Å²) < 4.78 is 2.34. The average molecular weight is 706 g/mol. The van der Waals surface area contributed by atoms with Gasteiger partial charge >= 0.3 is 0 Å². The number of amidine groups is 2. The molecule has 0 aliphatic rings. The quantitative estimate of drug-likeness (QED) is 0.130. The third-order valence-electron chi connectivity index (χ3n) is 9.86. The lowest BCUT2D eigenvalue weighted by Gasteiger charge is -2.09. The topological polar surface area (TPSA) is 66.4 Å². The molecule has 0 aliphatic carbocycles. The Kier molecular flexibility index (Phi) is 9.01. The molecule has 9 rings (SSSR count). The summed E-state index contributed by atoms with van der Waals surface area (Å²) in [4.78, 5) is 13.7. The molecule has 0 aliphatic heterocycles. The van der Waals surface area contributed by atoms with Crippen molar-refractivity contribution >= 4 is 39.7 Å². The Morgan fingerprint density at radius 1 is 0.491 bits per heavy atom. The van der Waals surface area contributed by atoms with Gasteiger partial charge in [-0.1, -0.05) is 146 Å². The number of fused-ring (bicyclic) bond motifs is 3. The summed E-state index contributed by atoms with van der Waals surface area (Å²) in [5.74, 6) is 0.617. The first-order chi connectivity index (χ1) is 27.2. The Morgan fingerprint density at radius 3 is 1.85 bits per heavy atom. The fourth-order valence-corrected chi connectivity index (χ4v) is 7.08. The zero-order chi connectivity index (χ0) is 37.0. The molecule has 0 spiro atoms. The highest BCUT2D eigenvalue weighted by Crippen LogP contribution is 2.35. The lowest BCUT2D eigenvalue weighted by Crippen LogP contribution is -2.04. The van der Waals surface area contributed by atoms with E-state index in [1.807, 2.05) is 85.1 Å². The van der Waals surface area contributed by atoms with Crippen LogP contribution in [0.25, 0.3) is 60.9 Å². The fourth-order valence-electron chi connectivity index (χ4n) is 7.08. The van der Waals surface area contributed by atoms with Gasteiger partial charge in [-0.25, -0.2) is 9.98 Å². The van der Waals surface area contributed by atoms with E-state index in [2.05, 4.69) is 119 Å². The molecule has 0 radical (unpaired) electrons. The summed E-state index contributed by atoms with van der Waals surface area (Å²) in [7, 11) is 0. The van der Waals surface area contributed by atoms with Crippen LogP contribution in [0.1, 0.15) is 16.7 Å². The van der Waals surface area contributed by atoms with Gasteiger partial charge in [-0.2, -0.15) is 0 Å². The maximum atomic E-state index is 8.93. The molecule has 260 valence electrons. The molecule has 2 aromatic heterocycles. The minimum atomic E-state index is 0.144. The Labute approximate surface area is 319 Å². The molecule has 0 bridgehead atoms. The smallest absolute Gasteiger partial charge is 0.161 e. The van der Waals surface area contributed by atoms with Crippen molar-refractivity contribution in [1.82, 2.24) is 9.55 Å². The van der Waals surface area contributed by atoms with E-state index in [1.54, 1.807) is 12.4 Å². The normalized spacial score (nSPS) is 11.7. The van der Waals surface area contributed by atoms with Gasteiger partial charge in [-0.15, -0.1) is 0 Å². The summed E-state index contributed by atoms with van der Waals surface area (Å²) in [6, 6.07) is 64.5. The predicted molar refractivity (Wildman–Crippen MR) is 229 cm³/mol. The summed E-state index contributed by atoms with van der Waals surface area (Å²) in [6.45, 7) is 0. The minimum absolute atomic E-state index is 0.144. The molecule has 0 amide bonds. The maximum Gasteiger partial charge on any atom is 0.161 e. The Bertz CT molecular complexity index is 2840. The Hall–Kier alpha value is -7.50. The molecule has 0 atom stereocenters. The molecule has 1 N–H and O–H groups in total. The number of pyridine rings is 1. The van der Waals surface area contributed by atoms with E-state index >= 15 is 0 Å². The number of nitrogens with one attached hydrogen (secondary N) is 1. The number of aliphatic imine (C=N–C) groups is 2. The minimum Gasteiger partial charge on any atom is -0.309 e. The monoisotopic (exact) mass is 705 g/mol. The zero-order valence-corrected chi connectivity index (χ0v) is 29.9. The van der Waals surface area contributed by atoms with E-state index in [4.69, 9.17) is 15.4 Å². The van der Waals surface area contributed by atoms with Crippen molar-refractivity contribution in [2.75, 3.05) is 0 Å². The number of nitrogens with zero attached hydrogens (tertiary/aromatic N) is 4. The predicted octanol–water partition coefficient (Wildman–Crippen LogP) is 12.1. The number of hydrogen-bond acceptors (Lipinski definition) is 2. The number of rotatable bonds is 7. The van der Waals surface area contributed by atoms with Crippen LogP contribution >= 0.6 is 0 Å². The van der Waals surface area contributed by atoms with Gasteiger partial charge in [0.25, 0.3) is 0 Å². The van der Waals surface area contributed by atoms with Crippen molar-refractivity contribution < 1.29 is 0 Å². The number of para-hydroxylation sites is 2. The first kappa shape index (κ1) is 33.3. The van der Waals surface area contributed by atoms with Gasteiger partial charge in [0.1, 0.15) is 0 Å². The third-order valence-corrected chi connectivity index (χ3v) is 9.86. The highest BCUT2D eigenvalue weighted by atomic mass is 15.0. The first-order valence-corrected chi connectivity index (χ1v) is 18.2. The molecule has 0 fully saturated rings. The van der Waals surface area contributed by atoms with Crippen LogP contribution in [0.15, 0.2) is 210 Å². The average Bonchev–Trinajstić information content (AvgIpc) is 3.60. The molecule has 2 heterocycles. The van der Waals surface area contributed by atoms with Crippen molar-refractivity contribution in [3.05, 3.63) is 217 Å². The van der Waals surface area contributed by atoms with Crippen molar-refractivity contribution in [2.24, 2.45) is 9.98 Å². The van der Waals surface area contributed by atoms with Crippen LogP contribution in [0.3, 0.4) is 0 Å². The first-order valence-electron chi connectivity index (χ1n) is 18.2. The van der Waals surface area contributed by atoms with E-state index < -0.39 is 0 Å². The zero-order valence-electron chi connectivity index (χ0n) is 29.9. The second-order valence-corrected chi connectivity index (χ2v) is 13.4. The molecule has 0 saturated carbocycles. The van der Waals surface area contributed by atoms with E-state index in [9.17, 15) is 0 Å². The van der Waals surface area contributed by atoms with Crippen LogP contribution in [0.2, 0.25) is 0 Å². The molecule has 5 heteroatoms. The van der Waals surface area contributed by atoms with Gasteiger partial charge in [0, 0.05) is 51.8 Å². The van der Waals surface area contributed by atoms with Crippen LogP contribution in [-0.4, -0.2) is 27.4 Å². The Balaban J connectivity index is 0.958. The van der Waals surface area contributed by atoms with E-state index in [0.717, 1.165) is 44.6 Å². The van der Waals surface area contributed by atoms with Crippen molar-refractivity contribution in [3.8, 4) is 39.1 Å². The second-order valence-electron chi connectivity index (χ2n) is 13.4. The van der Waals surface area contributed by atoms with Crippen molar-refractivity contribution in [1.29, 1.82) is 5.41 Å². The number of aromatic nitrogens is 2. The number of benzene rings is 7. The molecule has 55 heavy (non-hydrogen) atoms. The van der Waals surface area contributed by atoms with Crippen molar-refractivity contribution in [2.45, 2.75) is 0 Å². The lowest BCUT2D eigenvalue weighted by molar-refractivity contribution is 1.18. The third kappa shape index (κ3) is 6.90. The van der Waals surface area contributed by atoms with Gasteiger partial charge < -0.3 is 4.57 Å². The van der Waals surface area contributed by atoms with Gasteiger partial charge in [-0.3, -0.25) is 10.4 Å². The highest BCUT2D eigenvalue weighted by Gasteiger charge is 2.13. The molecule has 0 unspecified atom stereocenters. The van der Waals surface area contributed by atoms with Gasteiger partial charge in [0.05, 0.1) is 11.0 Å². The second kappa shape index (κ2) is 14.9. The van der Waals surface area contributed by atoms with Gasteiger partial charge in [0.15, 0.2) is 11.7 Å². The van der Waals surface area contributed by atoms with Crippen LogP contribution in [-0.2, 0) is 0 Å². The molecule has 0 saturated heterocycles. The van der Waals surface area contributed by atoms with Crippen LogP contribution < -0.4 is 0 Å². The van der Waals surface area contributed by atoms with Crippen LogP contribution in [0.5, 0.6) is 0 Å². The SMILES string of the molecule is N=C(N=C(N=Cc1cccc(-c2cccnc2)c1)c1ccccc1)c1ccc(-c2ccc(-c3ccc4c(c3)c3ccccc3n4-c3ccccc3)cc2)cc1. The van der Waals surface area contributed by atoms with Crippen LogP contribution in [0.4, 0.5) is 0 Å². The summed E-state index contributed by atoms with van der Waals surface area (Å²) >= 11 is 0. The molecular weight excluding hydrogens is 671 g/mol. The summed E-state index contributed by atoms with van der Waals surface area (Å²) in [6.07, 6.45) is 5.42. The Morgan fingerprint density at radius 2 is 1.11 bits per heavy atom. The molecule has 5 nitrogen and oxygen atoms in total. The van der Waals surface area contributed by atoms with Crippen molar-refractivity contribution in [3.63, 3.8) is 0 Å². The van der Waals surface area contributed by atoms with E-state index in [-0.39, 0.29) is 5.84 Å². The van der Waals surface area contributed by atoms with E-state index in [0.29, 0.717) is 11.4 Å². The highest BCUT2D eigenvalue weighted by molar-refractivity contribution is 6.13. The summed E-state index contributed by atoms with van der Waals surface area (Å²) in [5.41, 5.74) is 12.6. The molecule has 7 aromatic carbocycles.